The molecular formula is C26H34F3N3O4S. The van der Waals surface area contributed by atoms with Crippen LogP contribution in [-0.2, 0) is 32.3 Å². The third-order valence-electron chi connectivity index (χ3n) is 5.50. The molecule has 0 fully saturated rings. The molecule has 0 saturated heterocycles. The quantitative estimate of drug-likeness (QED) is 0.507. The monoisotopic (exact) mass is 541 g/mol. The number of sulfonamides is 1. The highest BCUT2D eigenvalue weighted by Crippen LogP contribution is 2.32. The smallest absolute Gasteiger partial charge is 0.350 e. The van der Waals surface area contributed by atoms with E-state index < -0.39 is 51.7 Å². The second kappa shape index (κ2) is 11.5. The molecule has 0 saturated carbocycles. The Labute approximate surface area is 216 Å². The molecule has 0 aromatic heterocycles. The zero-order valence-corrected chi connectivity index (χ0v) is 22.7. The standard InChI is InChI=1S/C26H34F3N3O4S/c1-7-22(24(34)30-25(3,4)5)31(16-19-13-11-18(2)12-14-19)23(33)17-32(37(6,35)36)21-10-8-9-20(15-21)26(27,28)29/h8-15,22H,7,16-17H2,1-6H3,(H,30,34)/t22-/m1/s1. The number of nitrogens with one attached hydrogen (secondary N) is 1. The number of carbonyl (C=O) groups is 2. The van der Waals surface area contributed by atoms with Crippen molar-refractivity contribution < 1.29 is 31.2 Å². The molecule has 0 unspecified atom stereocenters. The topological polar surface area (TPSA) is 86.8 Å². The largest absolute Gasteiger partial charge is 0.416 e. The Bertz CT molecular complexity index is 1210. The molecule has 2 aromatic carbocycles. The van der Waals surface area contributed by atoms with Crippen LogP contribution in [0, 0.1) is 6.92 Å². The van der Waals surface area contributed by atoms with Gasteiger partial charge in [0.1, 0.15) is 12.6 Å². The predicted octanol–water partition coefficient (Wildman–Crippen LogP) is 4.50. The van der Waals surface area contributed by atoms with Crippen molar-refractivity contribution in [2.75, 3.05) is 17.1 Å². The van der Waals surface area contributed by atoms with Crippen molar-refractivity contribution >= 4 is 27.5 Å². The van der Waals surface area contributed by atoms with Gasteiger partial charge in [-0.25, -0.2) is 8.42 Å². The van der Waals surface area contributed by atoms with E-state index in [1.165, 1.54) is 11.0 Å². The predicted molar refractivity (Wildman–Crippen MR) is 137 cm³/mol. The fraction of sp³-hybridized carbons (Fsp3) is 0.462. The number of alkyl halides is 3. The third kappa shape index (κ3) is 8.77. The highest BCUT2D eigenvalue weighted by molar-refractivity contribution is 7.92. The minimum atomic E-state index is -4.70. The first-order chi connectivity index (χ1) is 16.9. The molecule has 1 atom stereocenters. The first-order valence-electron chi connectivity index (χ1n) is 11.7. The third-order valence-corrected chi connectivity index (χ3v) is 6.64. The van der Waals surface area contributed by atoms with Crippen molar-refractivity contribution in [1.29, 1.82) is 0 Å². The highest BCUT2D eigenvalue weighted by atomic mass is 32.2. The molecule has 0 bridgehead atoms. The Balaban J connectivity index is 2.50. The lowest BCUT2D eigenvalue weighted by atomic mass is 10.1. The van der Waals surface area contributed by atoms with E-state index >= 15 is 0 Å². The molecule has 37 heavy (non-hydrogen) atoms. The molecule has 7 nitrogen and oxygen atoms in total. The number of anilines is 1. The van der Waals surface area contributed by atoms with Gasteiger partial charge in [-0.1, -0.05) is 42.8 Å². The SMILES string of the molecule is CC[C@H](C(=O)NC(C)(C)C)N(Cc1ccc(C)cc1)C(=O)CN(c1cccc(C(F)(F)F)c1)S(C)(=O)=O. The van der Waals surface area contributed by atoms with Gasteiger partial charge in [0, 0.05) is 12.1 Å². The van der Waals surface area contributed by atoms with Crippen molar-refractivity contribution in [3.8, 4) is 0 Å². The number of carbonyl (C=O) groups excluding carboxylic acids is 2. The molecule has 204 valence electrons. The minimum absolute atomic E-state index is 0.00930. The maximum Gasteiger partial charge on any atom is 0.416 e. The van der Waals surface area contributed by atoms with Gasteiger partial charge in [-0.15, -0.1) is 0 Å². The van der Waals surface area contributed by atoms with Crippen molar-refractivity contribution in [1.82, 2.24) is 10.2 Å². The summed E-state index contributed by atoms with van der Waals surface area (Å²) >= 11 is 0. The summed E-state index contributed by atoms with van der Waals surface area (Å²) in [5.74, 6) is -1.14. The molecule has 1 N–H and O–H groups in total. The number of hydrogen-bond donors (Lipinski definition) is 1. The van der Waals surface area contributed by atoms with Crippen LogP contribution in [0.1, 0.15) is 50.8 Å². The van der Waals surface area contributed by atoms with E-state index in [0.29, 0.717) is 15.9 Å². The average molecular weight is 542 g/mol. The molecule has 0 spiro atoms. The van der Waals surface area contributed by atoms with Gasteiger partial charge in [-0.2, -0.15) is 13.2 Å². The maximum atomic E-state index is 13.6. The van der Waals surface area contributed by atoms with Crippen LogP contribution >= 0.6 is 0 Å². The summed E-state index contributed by atoms with van der Waals surface area (Å²) in [4.78, 5) is 28.0. The van der Waals surface area contributed by atoms with Crippen LogP contribution in [0.15, 0.2) is 48.5 Å². The van der Waals surface area contributed by atoms with Crippen LogP contribution in [0.25, 0.3) is 0 Å². The summed E-state index contributed by atoms with van der Waals surface area (Å²) in [6, 6.07) is 10.1. The van der Waals surface area contributed by atoms with E-state index in [9.17, 15) is 31.2 Å². The lowest BCUT2D eigenvalue weighted by Gasteiger charge is -2.34. The van der Waals surface area contributed by atoms with Crippen LogP contribution in [0.5, 0.6) is 0 Å². The van der Waals surface area contributed by atoms with Gasteiger partial charge in [0.15, 0.2) is 0 Å². The summed E-state index contributed by atoms with van der Waals surface area (Å²) in [7, 11) is -4.15. The Morgan fingerprint density at radius 3 is 2.11 bits per heavy atom. The zero-order chi connectivity index (χ0) is 28.2. The Hall–Kier alpha value is -3.08. The van der Waals surface area contributed by atoms with Crippen LogP contribution < -0.4 is 9.62 Å². The lowest BCUT2D eigenvalue weighted by molar-refractivity contribution is -0.141. The van der Waals surface area contributed by atoms with E-state index in [-0.39, 0.29) is 18.7 Å². The normalized spacial score (nSPS) is 13.1. The maximum absolute atomic E-state index is 13.6. The van der Waals surface area contributed by atoms with Crippen LogP contribution in [0.2, 0.25) is 0 Å². The summed E-state index contributed by atoms with van der Waals surface area (Å²) in [6.07, 6.45) is -3.64. The Kier molecular flexibility index (Phi) is 9.40. The number of hydrogen-bond acceptors (Lipinski definition) is 4. The fourth-order valence-electron chi connectivity index (χ4n) is 3.71. The van der Waals surface area contributed by atoms with Gasteiger partial charge in [-0.05, 0) is 57.9 Å². The second-order valence-electron chi connectivity index (χ2n) is 9.99. The van der Waals surface area contributed by atoms with E-state index in [4.69, 9.17) is 0 Å². The Morgan fingerprint density at radius 1 is 1.03 bits per heavy atom. The molecule has 2 aromatic rings. The second-order valence-corrected chi connectivity index (χ2v) is 11.9. The highest BCUT2D eigenvalue weighted by Gasteiger charge is 2.35. The molecule has 0 aliphatic rings. The summed E-state index contributed by atoms with van der Waals surface area (Å²) in [5.41, 5.74) is -0.218. The Morgan fingerprint density at radius 2 is 1.62 bits per heavy atom. The molecule has 2 rings (SSSR count). The van der Waals surface area contributed by atoms with Gasteiger partial charge in [0.2, 0.25) is 21.8 Å². The van der Waals surface area contributed by atoms with Crippen LogP contribution in [0.4, 0.5) is 18.9 Å². The fourth-order valence-corrected chi connectivity index (χ4v) is 4.56. The molecule has 0 radical (unpaired) electrons. The van der Waals surface area contributed by atoms with Gasteiger partial charge in [0.25, 0.3) is 0 Å². The van der Waals surface area contributed by atoms with E-state index in [1.54, 1.807) is 39.8 Å². The van der Waals surface area contributed by atoms with Crippen LogP contribution in [-0.4, -0.2) is 49.5 Å². The van der Waals surface area contributed by atoms with Gasteiger partial charge < -0.3 is 10.2 Å². The summed E-state index contributed by atoms with van der Waals surface area (Å²) in [6.45, 7) is 8.25. The van der Waals surface area contributed by atoms with Gasteiger partial charge >= 0.3 is 6.18 Å². The number of nitrogens with zero attached hydrogens (tertiary/aromatic N) is 2. The summed E-state index contributed by atoms with van der Waals surface area (Å²) in [5, 5.41) is 2.85. The van der Waals surface area contributed by atoms with E-state index in [1.807, 2.05) is 19.1 Å². The van der Waals surface area contributed by atoms with E-state index in [0.717, 1.165) is 24.0 Å². The lowest BCUT2D eigenvalue weighted by Crippen LogP contribution is -2.55. The molecule has 0 heterocycles. The molecular weight excluding hydrogens is 507 g/mol. The molecule has 11 heteroatoms. The van der Waals surface area contributed by atoms with Crippen molar-refractivity contribution in [2.45, 2.75) is 65.3 Å². The number of amides is 2. The molecule has 0 aliphatic heterocycles. The van der Waals surface area contributed by atoms with Gasteiger partial charge in [-0.3, -0.25) is 13.9 Å². The number of aryl methyl sites for hydroxylation is 1. The van der Waals surface area contributed by atoms with E-state index in [2.05, 4.69) is 5.32 Å². The molecule has 2 amide bonds. The molecule has 0 aliphatic carbocycles. The van der Waals surface area contributed by atoms with Crippen molar-refractivity contribution in [3.05, 3.63) is 65.2 Å². The van der Waals surface area contributed by atoms with Crippen molar-refractivity contribution in [3.63, 3.8) is 0 Å². The minimum Gasteiger partial charge on any atom is -0.350 e. The summed E-state index contributed by atoms with van der Waals surface area (Å²) < 4.78 is 65.7. The first-order valence-corrected chi connectivity index (χ1v) is 13.6. The number of halogens is 3. The average Bonchev–Trinajstić information content (AvgIpc) is 2.76. The van der Waals surface area contributed by atoms with Crippen LogP contribution in [0.3, 0.4) is 0 Å². The van der Waals surface area contributed by atoms with Crippen molar-refractivity contribution in [2.24, 2.45) is 0 Å². The number of rotatable bonds is 9. The van der Waals surface area contributed by atoms with Gasteiger partial charge in [0.05, 0.1) is 17.5 Å². The number of benzene rings is 2. The first kappa shape index (κ1) is 30.1. The zero-order valence-electron chi connectivity index (χ0n) is 21.9.